The molecule has 0 aliphatic rings. The molecule has 172 valence electrons. The van der Waals surface area contributed by atoms with E-state index in [1.807, 2.05) is 31.2 Å². The van der Waals surface area contributed by atoms with Crippen molar-refractivity contribution >= 4 is 11.6 Å². The number of nitrogens with zero attached hydrogens (tertiary/aromatic N) is 4. The average Bonchev–Trinajstić information content (AvgIpc) is 3.26. The fourth-order valence-corrected chi connectivity index (χ4v) is 3.80. The van der Waals surface area contributed by atoms with Crippen molar-refractivity contribution in [1.29, 1.82) is 0 Å². The predicted molar refractivity (Wildman–Crippen MR) is 125 cm³/mol. The highest BCUT2D eigenvalue weighted by Crippen LogP contribution is 2.32. The smallest absolute Gasteiger partial charge is 0.256 e. The third-order valence-corrected chi connectivity index (χ3v) is 5.71. The van der Waals surface area contributed by atoms with Gasteiger partial charge < -0.3 is 19.7 Å². The summed E-state index contributed by atoms with van der Waals surface area (Å²) in [4.78, 5) is 19.7. The molecule has 2 heterocycles. The molecule has 3 rings (SSSR count). The number of fused-ring (bicyclic) bond motifs is 1. The number of methoxy groups -OCH3 is 2. The monoisotopic (exact) mass is 439 g/mol. The summed E-state index contributed by atoms with van der Waals surface area (Å²) in [6.07, 6.45) is 5.23. The zero-order valence-corrected chi connectivity index (χ0v) is 19.6. The Morgan fingerprint density at radius 3 is 2.59 bits per heavy atom. The van der Waals surface area contributed by atoms with Crippen LogP contribution in [0.4, 0.5) is 0 Å². The molecule has 3 aromatic rings. The van der Waals surface area contributed by atoms with E-state index >= 15 is 0 Å². The number of hydrogen-bond acceptors (Lipinski definition) is 6. The van der Waals surface area contributed by atoms with Gasteiger partial charge in [-0.3, -0.25) is 4.79 Å². The molecular formula is C24H33N5O3. The van der Waals surface area contributed by atoms with Crippen LogP contribution in [0.15, 0.2) is 36.7 Å². The van der Waals surface area contributed by atoms with Gasteiger partial charge in [0.1, 0.15) is 5.56 Å². The predicted octanol–water partition coefficient (Wildman–Crippen LogP) is 3.65. The van der Waals surface area contributed by atoms with Gasteiger partial charge in [0, 0.05) is 17.8 Å². The van der Waals surface area contributed by atoms with Crippen LogP contribution in [-0.2, 0) is 0 Å². The van der Waals surface area contributed by atoms with Gasteiger partial charge in [0.2, 0.25) is 0 Å². The first-order valence-electron chi connectivity index (χ1n) is 11.1. The van der Waals surface area contributed by atoms with Gasteiger partial charge in [0.05, 0.1) is 26.1 Å². The standard InChI is InChI=1S/C24H33N5O3/c1-6-28(7-2)14-8-9-17(3)27-24(30)19-16-26-29-20(12-13-25-23(19)29)18-10-11-21(31-4)22(15-18)32-5/h10-13,15-17H,6-9,14H2,1-5H3,(H,27,30). The second kappa shape index (κ2) is 10.9. The van der Waals surface area contributed by atoms with Crippen LogP contribution in [0.25, 0.3) is 16.9 Å². The number of amides is 1. The van der Waals surface area contributed by atoms with Crippen LogP contribution >= 0.6 is 0 Å². The van der Waals surface area contributed by atoms with Gasteiger partial charge in [-0.2, -0.15) is 5.10 Å². The normalized spacial score (nSPS) is 12.2. The summed E-state index contributed by atoms with van der Waals surface area (Å²) in [5.74, 6) is 1.11. The number of ether oxygens (including phenoxy) is 2. The van der Waals surface area contributed by atoms with Crippen molar-refractivity contribution in [3.63, 3.8) is 0 Å². The Labute approximate surface area is 189 Å². The van der Waals surface area contributed by atoms with E-state index < -0.39 is 0 Å². The summed E-state index contributed by atoms with van der Waals surface area (Å²) in [5, 5.41) is 7.53. The zero-order chi connectivity index (χ0) is 23.1. The third-order valence-electron chi connectivity index (χ3n) is 5.71. The maximum atomic E-state index is 12.9. The summed E-state index contributed by atoms with van der Waals surface area (Å²) < 4.78 is 12.4. The number of benzene rings is 1. The molecule has 0 aliphatic carbocycles. The van der Waals surface area contributed by atoms with E-state index in [1.54, 1.807) is 31.1 Å². The quantitative estimate of drug-likeness (QED) is 0.491. The van der Waals surface area contributed by atoms with Crippen LogP contribution in [0.3, 0.4) is 0 Å². The lowest BCUT2D eigenvalue weighted by molar-refractivity contribution is 0.0938. The van der Waals surface area contributed by atoms with Gasteiger partial charge in [-0.1, -0.05) is 13.8 Å². The minimum atomic E-state index is -0.160. The van der Waals surface area contributed by atoms with E-state index in [9.17, 15) is 4.79 Å². The van der Waals surface area contributed by atoms with Crippen molar-refractivity contribution < 1.29 is 14.3 Å². The topological polar surface area (TPSA) is 81.0 Å². The molecule has 1 aromatic carbocycles. The lowest BCUT2D eigenvalue weighted by atomic mass is 10.1. The molecule has 1 N–H and O–H groups in total. The molecule has 32 heavy (non-hydrogen) atoms. The minimum Gasteiger partial charge on any atom is -0.493 e. The number of rotatable bonds is 11. The van der Waals surface area contributed by atoms with E-state index in [1.165, 1.54) is 0 Å². The fraction of sp³-hybridized carbons (Fsp3) is 0.458. The SMILES string of the molecule is CCN(CC)CCCC(C)NC(=O)c1cnn2c(-c3ccc(OC)c(OC)c3)ccnc12. The molecule has 0 saturated carbocycles. The van der Waals surface area contributed by atoms with Crippen molar-refractivity contribution in [2.45, 2.75) is 39.7 Å². The van der Waals surface area contributed by atoms with Crippen molar-refractivity contribution in [1.82, 2.24) is 24.8 Å². The zero-order valence-electron chi connectivity index (χ0n) is 19.6. The van der Waals surface area contributed by atoms with E-state index in [2.05, 4.69) is 34.1 Å². The first kappa shape index (κ1) is 23.5. The molecule has 1 amide bonds. The second-order valence-electron chi connectivity index (χ2n) is 7.74. The number of carbonyl (C=O) groups excluding carboxylic acids is 1. The van der Waals surface area contributed by atoms with E-state index in [0.29, 0.717) is 22.7 Å². The number of nitrogens with one attached hydrogen (secondary N) is 1. The Balaban J connectivity index is 1.77. The summed E-state index contributed by atoms with van der Waals surface area (Å²) in [6, 6.07) is 7.58. The number of hydrogen-bond donors (Lipinski definition) is 1. The van der Waals surface area contributed by atoms with Crippen LogP contribution in [0.5, 0.6) is 11.5 Å². The van der Waals surface area contributed by atoms with Gasteiger partial charge >= 0.3 is 0 Å². The summed E-state index contributed by atoms with van der Waals surface area (Å²) in [7, 11) is 3.20. The largest absolute Gasteiger partial charge is 0.493 e. The van der Waals surface area contributed by atoms with Gasteiger partial charge in [0.25, 0.3) is 5.91 Å². The van der Waals surface area contributed by atoms with Crippen molar-refractivity contribution in [2.75, 3.05) is 33.9 Å². The highest BCUT2D eigenvalue weighted by atomic mass is 16.5. The highest BCUT2D eigenvalue weighted by Gasteiger charge is 2.18. The van der Waals surface area contributed by atoms with Crippen LogP contribution in [0.2, 0.25) is 0 Å². The Kier molecular flexibility index (Phi) is 8.05. The van der Waals surface area contributed by atoms with Gasteiger partial charge in [-0.25, -0.2) is 9.50 Å². The van der Waals surface area contributed by atoms with Crippen LogP contribution in [-0.4, -0.2) is 65.3 Å². The molecule has 0 spiro atoms. The van der Waals surface area contributed by atoms with E-state index in [4.69, 9.17) is 9.47 Å². The van der Waals surface area contributed by atoms with E-state index in [-0.39, 0.29) is 11.9 Å². The molecule has 0 radical (unpaired) electrons. The van der Waals surface area contributed by atoms with Gasteiger partial charge in [-0.05, 0) is 63.7 Å². The number of aromatic nitrogens is 3. The molecular weight excluding hydrogens is 406 g/mol. The molecule has 0 saturated heterocycles. The van der Waals surface area contributed by atoms with Gasteiger partial charge in [-0.15, -0.1) is 0 Å². The first-order chi connectivity index (χ1) is 15.5. The number of carbonyl (C=O) groups is 1. The molecule has 0 aliphatic heterocycles. The average molecular weight is 440 g/mol. The van der Waals surface area contributed by atoms with Gasteiger partial charge in [0.15, 0.2) is 17.1 Å². The van der Waals surface area contributed by atoms with E-state index in [0.717, 1.165) is 43.7 Å². The summed E-state index contributed by atoms with van der Waals surface area (Å²) >= 11 is 0. The van der Waals surface area contributed by atoms with Crippen molar-refractivity contribution in [3.8, 4) is 22.8 Å². The van der Waals surface area contributed by atoms with Crippen LogP contribution in [0, 0.1) is 0 Å². The second-order valence-corrected chi connectivity index (χ2v) is 7.74. The Bertz CT molecular complexity index is 1050. The summed E-state index contributed by atoms with van der Waals surface area (Å²) in [6.45, 7) is 9.52. The molecule has 1 unspecified atom stereocenters. The third kappa shape index (κ3) is 5.19. The Morgan fingerprint density at radius 1 is 1.16 bits per heavy atom. The van der Waals surface area contributed by atoms with Crippen LogP contribution in [0.1, 0.15) is 44.0 Å². The minimum absolute atomic E-state index is 0.0713. The fourth-order valence-electron chi connectivity index (χ4n) is 3.80. The molecule has 0 bridgehead atoms. The maximum absolute atomic E-state index is 12.9. The molecule has 8 nitrogen and oxygen atoms in total. The first-order valence-corrected chi connectivity index (χ1v) is 11.1. The lowest BCUT2D eigenvalue weighted by Gasteiger charge is -2.19. The van der Waals surface area contributed by atoms with Crippen LogP contribution < -0.4 is 14.8 Å². The molecule has 0 fully saturated rings. The molecule has 1 atom stereocenters. The Morgan fingerprint density at radius 2 is 1.91 bits per heavy atom. The summed E-state index contributed by atoms with van der Waals surface area (Å²) in [5.41, 5.74) is 2.67. The van der Waals surface area contributed by atoms with Crippen molar-refractivity contribution in [3.05, 3.63) is 42.2 Å². The maximum Gasteiger partial charge on any atom is 0.256 e. The van der Waals surface area contributed by atoms with Crippen molar-refractivity contribution in [2.24, 2.45) is 0 Å². The highest BCUT2D eigenvalue weighted by molar-refractivity contribution is 6.00. The Hall–Kier alpha value is -3.13. The lowest BCUT2D eigenvalue weighted by Crippen LogP contribution is -2.33. The molecule has 2 aromatic heterocycles. The molecule has 8 heteroatoms.